The molecule has 1 aromatic carbocycles. The number of halogens is 1. The van der Waals surface area contributed by atoms with E-state index in [1.807, 2.05) is 12.1 Å². The van der Waals surface area contributed by atoms with Gasteiger partial charge in [-0.2, -0.15) is 0 Å². The minimum atomic E-state index is 0.514. The third-order valence-corrected chi connectivity index (χ3v) is 6.70. The van der Waals surface area contributed by atoms with E-state index < -0.39 is 0 Å². The van der Waals surface area contributed by atoms with Crippen LogP contribution in [0.4, 0.5) is 5.69 Å². The Bertz CT molecular complexity index is 503. The van der Waals surface area contributed by atoms with Crippen LogP contribution in [0.15, 0.2) is 24.3 Å². The first-order chi connectivity index (χ1) is 11.0. The van der Waals surface area contributed by atoms with Gasteiger partial charge in [-0.25, -0.2) is 0 Å². The zero-order chi connectivity index (χ0) is 16.4. The van der Waals surface area contributed by atoms with Gasteiger partial charge in [0.1, 0.15) is 0 Å². The van der Waals surface area contributed by atoms with Gasteiger partial charge < -0.3 is 4.90 Å². The van der Waals surface area contributed by atoms with E-state index in [4.69, 9.17) is 11.6 Å². The summed E-state index contributed by atoms with van der Waals surface area (Å²) in [6.45, 7) is 11.9. The topological polar surface area (TPSA) is 6.48 Å². The van der Waals surface area contributed by atoms with Crippen molar-refractivity contribution in [3.63, 3.8) is 0 Å². The van der Waals surface area contributed by atoms with Gasteiger partial charge in [-0.15, -0.1) is 0 Å². The molecule has 0 N–H and O–H groups in total. The van der Waals surface area contributed by atoms with Gasteiger partial charge in [0.2, 0.25) is 0 Å². The molecule has 0 radical (unpaired) electrons. The quantitative estimate of drug-likeness (QED) is 0.758. The molecule has 128 valence electrons. The maximum Gasteiger partial charge on any atom is 0.0407 e. The summed E-state index contributed by atoms with van der Waals surface area (Å²) in [5.41, 5.74) is 1.82. The second-order valence-corrected chi connectivity index (χ2v) is 8.44. The molecule has 23 heavy (non-hydrogen) atoms. The second kappa shape index (κ2) is 7.03. The highest BCUT2D eigenvalue weighted by Gasteiger charge is 2.37. The average molecular weight is 335 g/mol. The molecule has 0 bridgehead atoms. The van der Waals surface area contributed by atoms with Crippen molar-refractivity contribution in [3.8, 4) is 0 Å². The highest BCUT2D eigenvalue weighted by atomic mass is 35.5. The molecule has 1 saturated heterocycles. The van der Waals surface area contributed by atoms with Crippen molar-refractivity contribution in [2.45, 2.75) is 52.5 Å². The molecule has 1 aromatic rings. The smallest absolute Gasteiger partial charge is 0.0407 e. The lowest BCUT2D eigenvalue weighted by molar-refractivity contribution is 0.158. The Balaban J connectivity index is 1.53. The highest BCUT2D eigenvalue weighted by Crippen LogP contribution is 2.43. The molecule has 0 spiro atoms. The summed E-state index contributed by atoms with van der Waals surface area (Å²) in [5.74, 6) is 0.909. The van der Waals surface area contributed by atoms with Crippen LogP contribution in [0.5, 0.6) is 0 Å². The minimum absolute atomic E-state index is 0.514. The van der Waals surface area contributed by atoms with E-state index in [1.54, 1.807) is 0 Å². The summed E-state index contributed by atoms with van der Waals surface area (Å²) >= 11 is 6.00. The molecule has 1 heterocycles. The molecule has 1 aliphatic heterocycles. The number of hydrogen-bond donors (Lipinski definition) is 0. The molecule has 1 aliphatic carbocycles. The molecule has 0 aromatic heterocycles. The molecular formula is C20H31ClN2. The van der Waals surface area contributed by atoms with Gasteiger partial charge in [0.25, 0.3) is 0 Å². The lowest BCUT2D eigenvalue weighted by Crippen LogP contribution is -2.50. The first kappa shape index (κ1) is 17.1. The monoisotopic (exact) mass is 334 g/mol. The number of nitrogens with zero attached hydrogens (tertiary/aromatic N) is 2. The van der Waals surface area contributed by atoms with Crippen LogP contribution >= 0.6 is 11.6 Å². The Morgan fingerprint density at radius 3 is 2.30 bits per heavy atom. The molecule has 3 rings (SSSR count). The fraction of sp³-hybridized carbons (Fsp3) is 0.700. The summed E-state index contributed by atoms with van der Waals surface area (Å²) in [6, 6.07) is 9.11. The molecule has 2 aliphatic rings. The first-order valence-electron chi connectivity index (χ1n) is 9.24. The fourth-order valence-electron chi connectivity index (χ4n) is 4.28. The average Bonchev–Trinajstić information content (AvgIpc) is 3.07. The third kappa shape index (κ3) is 3.85. The number of rotatable bonds is 4. The Kier molecular flexibility index (Phi) is 5.22. The summed E-state index contributed by atoms with van der Waals surface area (Å²) in [4.78, 5) is 5.24. The van der Waals surface area contributed by atoms with Crippen molar-refractivity contribution in [3.05, 3.63) is 29.3 Å². The van der Waals surface area contributed by atoms with E-state index in [9.17, 15) is 0 Å². The largest absolute Gasteiger partial charge is 0.369 e. The van der Waals surface area contributed by atoms with Gasteiger partial charge in [0.05, 0.1) is 0 Å². The van der Waals surface area contributed by atoms with Gasteiger partial charge in [-0.05, 0) is 54.9 Å². The van der Waals surface area contributed by atoms with Gasteiger partial charge in [0.15, 0.2) is 0 Å². The van der Waals surface area contributed by atoms with Gasteiger partial charge in [-0.1, -0.05) is 38.8 Å². The van der Waals surface area contributed by atoms with E-state index >= 15 is 0 Å². The predicted molar refractivity (Wildman–Crippen MR) is 100 cm³/mol. The Morgan fingerprint density at radius 1 is 1.04 bits per heavy atom. The molecule has 1 saturated carbocycles. The summed E-state index contributed by atoms with van der Waals surface area (Å²) in [5, 5.41) is 0.822. The Morgan fingerprint density at radius 2 is 1.70 bits per heavy atom. The van der Waals surface area contributed by atoms with E-state index in [-0.39, 0.29) is 0 Å². The van der Waals surface area contributed by atoms with Crippen LogP contribution in [-0.2, 0) is 0 Å². The van der Waals surface area contributed by atoms with Gasteiger partial charge in [0, 0.05) is 42.9 Å². The van der Waals surface area contributed by atoms with Crippen molar-refractivity contribution in [1.82, 2.24) is 4.90 Å². The molecule has 2 nitrogen and oxygen atoms in total. The standard InChI is InChI=1S/C20H31ClN2/c1-4-20(2,3)16-5-8-19(15-16)23-13-11-22(12-14-23)18-9-6-17(21)7-10-18/h6-7,9-10,16,19H,4-5,8,11-15H2,1-3H3. The van der Waals surface area contributed by atoms with Crippen LogP contribution in [0.2, 0.25) is 5.02 Å². The SMILES string of the molecule is CCC(C)(C)C1CCC(N2CCN(c3ccc(Cl)cc3)CC2)C1. The van der Waals surface area contributed by atoms with E-state index in [0.29, 0.717) is 5.41 Å². The highest BCUT2D eigenvalue weighted by molar-refractivity contribution is 6.30. The summed E-state index contributed by atoms with van der Waals surface area (Å²) in [6.07, 6.45) is 5.52. The van der Waals surface area contributed by atoms with Crippen LogP contribution in [0.25, 0.3) is 0 Å². The van der Waals surface area contributed by atoms with Crippen molar-refractivity contribution >= 4 is 17.3 Å². The molecule has 0 amide bonds. The molecule has 2 fully saturated rings. The number of benzene rings is 1. The van der Waals surface area contributed by atoms with Crippen molar-refractivity contribution in [2.75, 3.05) is 31.1 Å². The van der Waals surface area contributed by atoms with Crippen molar-refractivity contribution in [1.29, 1.82) is 0 Å². The number of piperazine rings is 1. The van der Waals surface area contributed by atoms with Crippen LogP contribution < -0.4 is 4.90 Å². The van der Waals surface area contributed by atoms with Crippen LogP contribution in [-0.4, -0.2) is 37.1 Å². The van der Waals surface area contributed by atoms with Crippen LogP contribution in [0.3, 0.4) is 0 Å². The van der Waals surface area contributed by atoms with E-state index in [2.05, 4.69) is 42.7 Å². The number of anilines is 1. The zero-order valence-electron chi connectivity index (χ0n) is 14.9. The second-order valence-electron chi connectivity index (χ2n) is 8.01. The Labute approximate surface area is 146 Å². The van der Waals surface area contributed by atoms with Crippen molar-refractivity contribution in [2.24, 2.45) is 11.3 Å². The lowest BCUT2D eigenvalue weighted by atomic mass is 9.76. The van der Waals surface area contributed by atoms with Crippen LogP contribution in [0.1, 0.15) is 46.5 Å². The molecule has 3 heteroatoms. The lowest BCUT2D eigenvalue weighted by Gasteiger charge is -2.39. The van der Waals surface area contributed by atoms with Crippen LogP contribution in [0, 0.1) is 11.3 Å². The summed E-state index contributed by atoms with van der Waals surface area (Å²) < 4.78 is 0. The fourth-order valence-corrected chi connectivity index (χ4v) is 4.41. The number of hydrogen-bond acceptors (Lipinski definition) is 2. The third-order valence-electron chi connectivity index (χ3n) is 6.44. The minimum Gasteiger partial charge on any atom is -0.369 e. The maximum absolute atomic E-state index is 6.00. The maximum atomic E-state index is 6.00. The zero-order valence-corrected chi connectivity index (χ0v) is 15.6. The first-order valence-corrected chi connectivity index (χ1v) is 9.62. The van der Waals surface area contributed by atoms with Gasteiger partial charge >= 0.3 is 0 Å². The normalized spacial score (nSPS) is 26.7. The van der Waals surface area contributed by atoms with E-state index in [1.165, 1.54) is 44.5 Å². The Hall–Kier alpha value is -0.730. The molecule has 2 unspecified atom stereocenters. The molecular weight excluding hydrogens is 304 g/mol. The van der Waals surface area contributed by atoms with Crippen molar-refractivity contribution < 1.29 is 0 Å². The predicted octanol–water partition coefficient (Wildman–Crippen LogP) is 5.07. The molecule has 2 atom stereocenters. The van der Waals surface area contributed by atoms with E-state index in [0.717, 1.165) is 30.1 Å². The summed E-state index contributed by atoms with van der Waals surface area (Å²) in [7, 11) is 0. The van der Waals surface area contributed by atoms with Gasteiger partial charge in [-0.3, -0.25) is 4.90 Å².